The maximum Gasteiger partial charge on any atom is 0.228 e. The van der Waals surface area contributed by atoms with Gasteiger partial charge in [0.1, 0.15) is 11.5 Å². The van der Waals surface area contributed by atoms with Crippen LogP contribution in [0.1, 0.15) is 5.56 Å². The Hall–Kier alpha value is -2.92. The third-order valence-corrected chi connectivity index (χ3v) is 5.05. The molecule has 0 spiro atoms. The fraction of sp³-hybridized carbons (Fsp3) is 0.136. The summed E-state index contributed by atoms with van der Waals surface area (Å²) in [6, 6.07) is 23.3. The number of methoxy groups -OCH3 is 2. The first-order chi connectivity index (χ1) is 13.2. The van der Waals surface area contributed by atoms with Gasteiger partial charge in [0.25, 0.3) is 0 Å². The van der Waals surface area contributed by atoms with Crippen molar-refractivity contribution in [2.45, 2.75) is 16.2 Å². The van der Waals surface area contributed by atoms with E-state index < -0.39 is 0 Å². The van der Waals surface area contributed by atoms with Gasteiger partial charge in [-0.1, -0.05) is 42.1 Å². The Bertz CT molecular complexity index is 912. The summed E-state index contributed by atoms with van der Waals surface area (Å²) in [4.78, 5) is 14.8. The normalized spacial score (nSPS) is 10.3. The number of para-hydroxylation sites is 1. The highest BCUT2D eigenvalue weighted by Gasteiger charge is 2.12. The zero-order chi connectivity index (χ0) is 19.1. The van der Waals surface area contributed by atoms with E-state index in [4.69, 9.17) is 9.47 Å². The van der Waals surface area contributed by atoms with E-state index in [1.165, 1.54) is 0 Å². The van der Waals surface area contributed by atoms with Crippen LogP contribution in [0.15, 0.2) is 82.6 Å². The van der Waals surface area contributed by atoms with Crippen LogP contribution in [0, 0.1) is 0 Å². The predicted molar refractivity (Wildman–Crippen MR) is 109 cm³/mol. The minimum atomic E-state index is -0.109. The van der Waals surface area contributed by atoms with Crippen molar-refractivity contribution in [3.8, 4) is 11.5 Å². The molecule has 0 radical (unpaired) electrons. The van der Waals surface area contributed by atoms with E-state index in [-0.39, 0.29) is 12.3 Å². The molecule has 3 aromatic rings. The van der Waals surface area contributed by atoms with Crippen LogP contribution in [-0.2, 0) is 11.2 Å². The lowest BCUT2D eigenvalue weighted by Gasteiger charge is -2.13. The van der Waals surface area contributed by atoms with Gasteiger partial charge < -0.3 is 14.8 Å². The van der Waals surface area contributed by atoms with Crippen LogP contribution in [0.2, 0.25) is 0 Å². The topological polar surface area (TPSA) is 47.6 Å². The Morgan fingerprint density at radius 3 is 2.41 bits per heavy atom. The highest BCUT2D eigenvalue weighted by molar-refractivity contribution is 7.99. The fourth-order valence-corrected chi connectivity index (χ4v) is 3.58. The van der Waals surface area contributed by atoms with Crippen molar-refractivity contribution >= 4 is 23.4 Å². The van der Waals surface area contributed by atoms with Gasteiger partial charge >= 0.3 is 0 Å². The largest absolute Gasteiger partial charge is 0.497 e. The summed E-state index contributed by atoms with van der Waals surface area (Å²) in [6.07, 6.45) is 0.199. The van der Waals surface area contributed by atoms with Gasteiger partial charge in [-0.05, 0) is 42.5 Å². The summed E-state index contributed by atoms with van der Waals surface area (Å²) < 4.78 is 10.6. The molecule has 0 aliphatic carbocycles. The molecule has 5 heteroatoms. The van der Waals surface area contributed by atoms with Crippen LogP contribution in [0.3, 0.4) is 0 Å². The number of anilines is 1. The van der Waals surface area contributed by atoms with E-state index in [1.54, 1.807) is 32.0 Å². The number of carbonyl (C=O) groups is 1. The summed E-state index contributed by atoms with van der Waals surface area (Å²) in [7, 11) is 3.19. The molecule has 27 heavy (non-hydrogen) atoms. The minimum absolute atomic E-state index is 0.109. The molecule has 1 N–H and O–H groups in total. The first kappa shape index (κ1) is 18.9. The van der Waals surface area contributed by atoms with Gasteiger partial charge in [0.15, 0.2) is 0 Å². The van der Waals surface area contributed by atoms with E-state index >= 15 is 0 Å². The van der Waals surface area contributed by atoms with E-state index in [2.05, 4.69) is 5.32 Å². The molecule has 0 aromatic heterocycles. The molecule has 0 saturated heterocycles. The van der Waals surface area contributed by atoms with Gasteiger partial charge in [0.2, 0.25) is 5.91 Å². The summed E-state index contributed by atoms with van der Waals surface area (Å²) in [5, 5.41) is 3.01. The molecule has 4 nitrogen and oxygen atoms in total. The van der Waals surface area contributed by atoms with Crippen molar-refractivity contribution < 1.29 is 14.3 Å². The van der Waals surface area contributed by atoms with Crippen LogP contribution in [0.25, 0.3) is 0 Å². The van der Waals surface area contributed by atoms with Crippen LogP contribution >= 0.6 is 11.8 Å². The average Bonchev–Trinajstić information content (AvgIpc) is 2.70. The van der Waals surface area contributed by atoms with Crippen molar-refractivity contribution in [2.24, 2.45) is 0 Å². The quantitative estimate of drug-likeness (QED) is 0.625. The molecule has 0 saturated carbocycles. The van der Waals surface area contributed by atoms with Gasteiger partial charge in [0.05, 0.1) is 26.3 Å². The Morgan fingerprint density at radius 2 is 1.67 bits per heavy atom. The molecule has 3 aromatic carbocycles. The van der Waals surface area contributed by atoms with Crippen molar-refractivity contribution in [3.63, 3.8) is 0 Å². The predicted octanol–water partition coefficient (Wildman–Crippen LogP) is 5.04. The van der Waals surface area contributed by atoms with E-state index in [1.807, 2.05) is 66.7 Å². The first-order valence-corrected chi connectivity index (χ1v) is 9.34. The number of carbonyl (C=O) groups excluding carboxylic acids is 1. The average molecular weight is 379 g/mol. The van der Waals surface area contributed by atoms with Crippen molar-refractivity contribution in [1.82, 2.24) is 0 Å². The van der Waals surface area contributed by atoms with Gasteiger partial charge in [-0.2, -0.15) is 0 Å². The Kier molecular flexibility index (Phi) is 6.39. The van der Waals surface area contributed by atoms with E-state index in [0.717, 1.165) is 21.0 Å². The number of benzene rings is 3. The monoisotopic (exact) mass is 379 g/mol. The number of hydrogen-bond donors (Lipinski definition) is 1. The Balaban J connectivity index is 1.75. The maximum atomic E-state index is 12.6. The lowest BCUT2D eigenvalue weighted by molar-refractivity contribution is -0.115. The zero-order valence-electron chi connectivity index (χ0n) is 15.3. The second kappa shape index (κ2) is 9.14. The molecule has 0 fully saturated rings. The molecule has 0 aliphatic heterocycles. The number of rotatable bonds is 7. The number of hydrogen-bond acceptors (Lipinski definition) is 4. The lowest BCUT2D eigenvalue weighted by atomic mass is 10.1. The fourth-order valence-electron chi connectivity index (χ4n) is 2.66. The molecular formula is C22H21NO3S. The molecule has 138 valence electrons. The molecule has 0 aliphatic rings. The second-order valence-electron chi connectivity index (χ2n) is 5.81. The van der Waals surface area contributed by atoms with Crippen LogP contribution < -0.4 is 14.8 Å². The minimum Gasteiger partial charge on any atom is -0.497 e. The highest BCUT2D eigenvalue weighted by atomic mass is 32.2. The zero-order valence-corrected chi connectivity index (χ0v) is 16.1. The molecule has 1 amide bonds. The summed E-state index contributed by atoms with van der Waals surface area (Å²) in [6.45, 7) is 0. The Morgan fingerprint density at radius 1 is 0.926 bits per heavy atom. The standard InChI is InChI=1S/C22H21NO3S/c1-25-17-12-13-20(26-2)16(14-17)15-22(24)23-19-10-6-7-11-21(19)27-18-8-4-3-5-9-18/h3-14H,15H2,1-2H3,(H,23,24). The molecule has 0 atom stereocenters. The second-order valence-corrected chi connectivity index (χ2v) is 6.93. The summed E-state index contributed by atoms with van der Waals surface area (Å²) in [5.41, 5.74) is 1.57. The van der Waals surface area contributed by atoms with Crippen molar-refractivity contribution in [1.29, 1.82) is 0 Å². The lowest BCUT2D eigenvalue weighted by Crippen LogP contribution is -2.15. The molecular weight excluding hydrogens is 358 g/mol. The van der Waals surface area contributed by atoms with Gasteiger partial charge in [0, 0.05) is 15.4 Å². The summed E-state index contributed by atoms with van der Waals surface area (Å²) >= 11 is 1.62. The smallest absolute Gasteiger partial charge is 0.228 e. The SMILES string of the molecule is COc1ccc(OC)c(CC(=O)Nc2ccccc2Sc2ccccc2)c1. The Labute approximate surface area is 163 Å². The number of nitrogens with one attached hydrogen (secondary N) is 1. The third-order valence-electron chi connectivity index (χ3n) is 3.97. The first-order valence-electron chi connectivity index (χ1n) is 8.52. The van der Waals surface area contributed by atoms with Crippen LogP contribution in [0.4, 0.5) is 5.69 Å². The maximum absolute atomic E-state index is 12.6. The van der Waals surface area contributed by atoms with Crippen LogP contribution in [0.5, 0.6) is 11.5 Å². The number of ether oxygens (including phenoxy) is 2. The van der Waals surface area contributed by atoms with Crippen molar-refractivity contribution in [2.75, 3.05) is 19.5 Å². The van der Waals surface area contributed by atoms with E-state index in [9.17, 15) is 4.79 Å². The van der Waals surface area contributed by atoms with Crippen LogP contribution in [-0.4, -0.2) is 20.1 Å². The van der Waals surface area contributed by atoms with Gasteiger partial charge in [-0.3, -0.25) is 4.79 Å². The van der Waals surface area contributed by atoms with Gasteiger partial charge in [-0.15, -0.1) is 0 Å². The third kappa shape index (κ3) is 5.05. The highest BCUT2D eigenvalue weighted by Crippen LogP contribution is 2.33. The molecule has 0 unspecified atom stereocenters. The number of amides is 1. The molecule has 3 rings (SSSR count). The molecule has 0 heterocycles. The molecule has 0 bridgehead atoms. The summed E-state index contributed by atoms with van der Waals surface area (Å²) in [5.74, 6) is 1.25. The van der Waals surface area contributed by atoms with Crippen molar-refractivity contribution in [3.05, 3.63) is 78.4 Å². The van der Waals surface area contributed by atoms with Gasteiger partial charge in [-0.25, -0.2) is 0 Å². The van der Waals surface area contributed by atoms with E-state index in [0.29, 0.717) is 11.5 Å².